The Morgan fingerprint density at radius 2 is 1.07 bits per heavy atom. The molecule has 0 N–H and O–H groups in total. The number of hydrogen-bond acceptors (Lipinski definition) is 0. The van der Waals surface area contributed by atoms with Crippen molar-refractivity contribution in [2.75, 3.05) is 0 Å². The van der Waals surface area contributed by atoms with Crippen molar-refractivity contribution < 1.29 is 45.7 Å². The van der Waals surface area contributed by atoms with Crippen LogP contribution in [0.25, 0.3) is 12.2 Å². The van der Waals surface area contributed by atoms with Gasteiger partial charge in [-0.15, -0.1) is 0 Å². The molecule has 0 aliphatic heterocycles. The summed E-state index contributed by atoms with van der Waals surface area (Å²) < 4.78 is 1.40. The second kappa shape index (κ2) is 9.75. The summed E-state index contributed by atoms with van der Waals surface area (Å²) in [5.74, 6) is -1.01. The Balaban J connectivity index is 0.00000120. The topological polar surface area (TPSA) is 0 Å². The molecule has 3 aromatic carbocycles. The van der Waals surface area contributed by atoms with Gasteiger partial charge < -0.3 is 24.8 Å². The Morgan fingerprint density at radius 3 is 1.59 bits per heavy atom. The Hall–Kier alpha value is -1.18. The van der Waals surface area contributed by atoms with Gasteiger partial charge in [0, 0.05) is 0 Å². The summed E-state index contributed by atoms with van der Waals surface area (Å²) in [5, 5.41) is 1.66. The third kappa shape index (κ3) is 4.19. The minimum atomic E-state index is -1.92. The first-order valence-corrected chi connectivity index (χ1v) is 19.2. The van der Waals surface area contributed by atoms with Crippen LogP contribution in [0.1, 0.15) is 29.5 Å². The van der Waals surface area contributed by atoms with E-state index in [9.17, 15) is 0 Å². The molecule has 3 atom stereocenters. The number of halogens is 2. The third-order valence-corrected chi connectivity index (χ3v) is 28.6. The SMILES string of the molecule is C[SiH](c1ccccc1)[Zr+2]([CH]1C=Cc2ccccc21)[CH]1C=Cc2ccccc21.[Cl-].[Cl-]. The maximum Gasteiger partial charge on any atom is -1.00 e. The van der Waals surface area contributed by atoms with Gasteiger partial charge in [0.1, 0.15) is 0 Å². The predicted octanol–water partition coefficient (Wildman–Crippen LogP) is -0.590. The molecule has 5 rings (SSSR count). The van der Waals surface area contributed by atoms with Gasteiger partial charge in [-0.1, -0.05) is 0 Å². The van der Waals surface area contributed by atoms with E-state index in [-0.39, 0.29) is 24.8 Å². The molecule has 0 radical (unpaired) electrons. The maximum absolute atomic E-state index is 2.63. The molecule has 2 aliphatic rings. The molecule has 0 saturated carbocycles. The number of allylic oxidation sites excluding steroid dienone is 2. The van der Waals surface area contributed by atoms with Crippen molar-refractivity contribution in [1.82, 2.24) is 0 Å². The zero-order valence-corrected chi connectivity index (χ0v) is 21.4. The zero-order valence-electron chi connectivity index (χ0n) is 16.3. The summed E-state index contributed by atoms with van der Waals surface area (Å²) in [4.78, 5) is 0. The smallest absolute Gasteiger partial charge is 1.00 e. The quantitative estimate of drug-likeness (QED) is 0.410. The Kier molecular flexibility index (Phi) is 7.57. The largest absolute Gasteiger partial charge is 1.00 e. The van der Waals surface area contributed by atoms with Gasteiger partial charge in [0.25, 0.3) is 0 Å². The van der Waals surface area contributed by atoms with Crippen LogP contribution in [0.2, 0.25) is 6.55 Å². The second-order valence-electron chi connectivity index (χ2n) is 7.56. The van der Waals surface area contributed by atoms with Gasteiger partial charge in [-0.3, -0.25) is 0 Å². The molecule has 0 fully saturated rings. The van der Waals surface area contributed by atoms with E-state index in [4.69, 9.17) is 0 Å². The third-order valence-electron chi connectivity index (χ3n) is 6.12. The van der Waals surface area contributed by atoms with Gasteiger partial charge in [-0.05, 0) is 0 Å². The monoisotopic (exact) mass is 511 g/mol. The van der Waals surface area contributed by atoms with E-state index >= 15 is 0 Å². The molecule has 0 amide bonds. The minimum absolute atomic E-state index is 0. The van der Waals surface area contributed by atoms with Crippen LogP contribution in [0, 0.1) is 0 Å². The van der Waals surface area contributed by atoms with Crippen LogP contribution >= 0.6 is 0 Å². The molecule has 0 bridgehead atoms. The fourth-order valence-electron chi connectivity index (χ4n) is 4.75. The molecule has 0 heterocycles. The van der Waals surface area contributed by atoms with Crippen LogP contribution in [0.4, 0.5) is 0 Å². The van der Waals surface area contributed by atoms with Gasteiger partial charge in [0.15, 0.2) is 0 Å². The van der Waals surface area contributed by atoms with Crippen LogP contribution < -0.4 is 30.0 Å². The molecule has 2 aliphatic carbocycles. The average molecular weight is 514 g/mol. The van der Waals surface area contributed by atoms with Gasteiger partial charge in [0.05, 0.1) is 0 Å². The van der Waals surface area contributed by atoms with Crippen LogP contribution in [-0.2, 0) is 20.9 Å². The molecule has 29 heavy (non-hydrogen) atoms. The van der Waals surface area contributed by atoms with E-state index in [0.717, 1.165) is 0 Å². The van der Waals surface area contributed by atoms with E-state index < -0.39 is 26.8 Å². The molecule has 0 saturated heterocycles. The zero-order chi connectivity index (χ0) is 18.2. The van der Waals surface area contributed by atoms with Crippen LogP contribution in [-0.4, -0.2) is 5.92 Å². The standard InChI is InChI=1S/2C9H7.C7H9Si.2ClH.Zr/c2*1-2-5-9-7-3-6-8(9)4-1;1-8-7-5-3-2-4-6-7;;;/h2*1-7H;2-6,8H,1H3;2*1H;/q;;;;;+2/p-2. The molecular formula is C25H23Cl2SiZr. The number of hydrogen-bond donors (Lipinski definition) is 0. The molecule has 0 aromatic heterocycles. The summed E-state index contributed by atoms with van der Waals surface area (Å²) in [6.07, 6.45) is 9.88. The van der Waals surface area contributed by atoms with E-state index in [0.29, 0.717) is 7.25 Å². The normalized spacial score (nSPS) is 18.9. The number of rotatable bonds is 4. The van der Waals surface area contributed by atoms with Gasteiger partial charge >= 0.3 is 171 Å². The molecule has 4 heteroatoms. The first-order valence-electron chi connectivity index (χ1n) is 9.79. The number of fused-ring (bicyclic) bond motifs is 2. The number of benzene rings is 3. The molecule has 0 spiro atoms. The Bertz CT molecular complexity index is 970. The van der Waals surface area contributed by atoms with Crippen molar-refractivity contribution in [2.45, 2.75) is 13.8 Å². The fraction of sp³-hybridized carbons (Fsp3) is 0.120. The van der Waals surface area contributed by atoms with Crippen molar-refractivity contribution in [2.24, 2.45) is 0 Å². The van der Waals surface area contributed by atoms with E-state index in [1.54, 1.807) is 16.3 Å². The van der Waals surface area contributed by atoms with Crippen LogP contribution in [0.5, 0.6) is 0 Å². The predicted molar refractivity (Wildman–Crippen MR) is 116 cm³/mol. The average Bonchev–Trinajstić information content (AvgIpc) is 3.34. The maximum atomic E-state index is 2.63. The van der Waals surface area contributed by atoms with Gasteiger partial charge in [-0.25, -0.2) is 0 Å². The molecule has 3 unspecified atom stereocenters. The van der Waals surface area contributed by atoms with Crippen LogP contribution in [0.15, 0.2) is 91.0 Å². The van der Waals surface area contributed by atoms with Crippen molar-refractivity contribution in [3.8, 4) is 0 Å². The van der Waals surface area contributed by atoms with Crippen molar-refractivity contribution in [3.05, 3.63) is 113 Å². The van der Waals surface area contributed by atoms with E-state index in [1.165, 1.54) is 11.1 Å². The summed E-state index contributed by atoms with van der Waals surface area (Å²) in [7, 11) is 0. The molecule has 3 aromatic rings. The summed E-state index contributed by atoms with van der Waals surface area (Å²) in [5.41, 5.74) is 6.09. The molecule has 145 valence electrons. The summed E-state index contributed by atoms with van der Waals surface area (Å²) in [6, 6.07) is 29.6. The van der Waals surface area contributed by atoms with Crippen molar-refractivity contribution >= 4 is 23.3 Å². The summed E-state index contributed by atoms with van der Waals surface area (Å²) in [6.45, 7) is 2.63. The molecular weight excluding hydrogens is 490 g/mol. The van der Waals surface area contributed by atoms with Crippen molar-refractivity contribution in [1.29, 1.82) is 0 Å². The van der Waals surface area contributed by atoms with Gasteiger partial charge in [0.2, 0.25) is 0 Å². The minimum Gasteiger partial charge on any atom is -1.00 e. The van der Waals surface area contributed by atoms with E-state index in [2.05, 4.69) is 110 Å². The Labute approximate surface area is 194 Å². The first kappa shape index (κ1) is 22.5. The Morgan fingerprint density at radius 1 is 0.621 bits per heavy atom. The van der Waals surface area contributed by atoms with Crippen LogP contribution in [0.3, 0.4) is 0 Å². The van der Waals surface area contributed by atoms with Gasteiger partial charge in [-0.2, -0.15) is 0 Å². The summed E-state index contributed by atoms with van der Waals surface area (Å²) >= 11 is -1.92. The molecule has 0 nitrogen and oxygen atoms in total. The fourth-order valence-corrected chi connectivity index (χ4v) is 28.2. The van der Waals surface area contributed by atoms with Crippen molar-refractivity contribution in [3.63, 3.8) is 0 Å². The van der Waals surface area contributed by atoms with E-state index in [1.807, 2.05) is 0 Å². The first-order chi connectivity index (χ1) is 13.3. The second-order valence-corrected chi connectivity index (χ2v) is 25.5.